The molecule has 0 fully saturated rings. The summed E-state index contributed by atoms with van der Waals surface area (Å²) < 4.78 is 0. The van der Waals surface area contributed by atoms with E-state index in [4.69, 9.17) is 5.11 Å². The minimum Gasteiger partial charge on any atom is -0.476 e. The van der Waals surface area contributed by atoms with Crippen LogP contribution < -0.4 is 5.32 Å². The predicted molar refractivity (Wildman–Crippen MR) is 63.8 cm³/mol. The molecule has 0 amide bonds. The Labute approximate surface area is 95.7 Å². The number of hydrogen-bond donors (Lipinski definition) is 2. The number of carboxylic acids is 1. The number of anilines is 1. The Morgan fingerprint density at radius 1 is 1.56 bits per heavy atom. The number of pyridine rings is 1. The first-order chi connectivity index (χ1) is 7.69. The molecule has 1 aromatic rings. The average molecular weight is 222 g/mol. The molecule has 1 rings (SSSR count). The molecule has 4 heteroatoms. The van der Waals surface area contributed by atoms with Gasteiger partial charge in [0.05, 0.1) is 5.69 Å². The Balaban J connectivity index is 2.82. The first kappa shape index (κ1) is 12.5. The van der Waals surface area contributed by atoms with Crippen LogP contribution in [0.2, 0.25) is 0 Å². The molecule has 0 bridgehead atoms. The van der Waals surface area contributed by atoms with Crippen LogP contribution in [0.5, 0.6) is 0 Å². The zero-order chi connectivity index (χ0) is 12.0. The Morgan fingerprint density at radius 2 is 2.31 bits per heavy atom. The van der Waals surface area contributed by atoms with E-state index in [-0.39, 0.29) is 5.69 Å². The highest BCUT2D eigenvalue weighted by Crippen LogP contribution is 2.16. The standard InChI is InChI=1S/C12H18N2O2/c1-3-6-9(4-2)14-10-7-5-8-13-11(10)12(15)16/h5,7-9,14H,3-4,6H2,1-2H3,(H,15,16). The molecular formula is C12H18N2O2. The maximum absolute atomic E-state index is 10.9. The molecule has 1 atom stereocenters. The minimum absolute atomic E-state index is 0.0945. The summed E-state index contributed by atoms with van der Waals surface area (Å²) in [7, 11) is 0. The molecule has 0 radical (unpaired) electrons. The number of hydrogen-bond acceptors (Lipinski definition) is 3. The molecule has 0 aliphatic heterocycles. The van der Waals surface area contributed by atoms with Crippen LogP contribution in [0.1, 0.15) is 43.6 Å². The van der Waals surface area contributed by atoms with E-state index in [0.717, 1.165) is 19.3 Å². The highest BCUT2D eigenvalue weighted by molar-refractivity contribution is 5.91. The lowest BCUT2D eigenvalue weighted by atomic mass is 10.1. The van der Waals surface area contributed by atoms with Gasteiger partial charge in [0.25, 0.3) is 0 Å². The van der Waals surface area contributed by atoms with Crippen LogP contribution in [-0.4, -0.2) is 22.1 Å². The van der Waals surface area contributed by atoms with Gasteiger partial charge in [-0.2, -0.15) is 0 Å². The number of carbonyl (C=O) groups is 1. The molecule has 0 saturated heterocycles. The lowest BCUT2D eigenvalue weighted by Crippen LogP contribution is -2.20. The van der Waals surface area contributed by atoms with E-state index in [1.807, 2.05) is 0 Å². The van der Waals surface area contributed by atoms with Crippen LogP contribution in [0.15, 0.2) is 18.3 Å². The van der Waals surface area contributed by atoms with E-state index in [9.17, 15) is 4.79 Å². The van der Waals surface area contributed by atoms with Crippen LogP contribution >= 0.6 is 0 Å². The van der Waals surface area contributed by atoms with Gasteiger partial charge in [-0.05, 0) is 25.0 Å². The number of carboxylic acid groups (broad SMARTS) is 1. The largest absolute Gasteiger partial charge is 0.476 e. The first-order valence-corrected chi connectivity index (χ1v) is 5.63. The summed E-state index contributed by atoms with van der Waals surface area (Å²) >= 11 is 0. The normalized spacial score (nSPS) is 12.1. The van der Waals surface area contributed by atoms with Gasteiger partial charge in [-0.15, -0.1) is 0 Å². The van der Waals surface area contributed by atoms with Crippen LogP contribution in [-0.2, 0) is 0 Å². The molecule has 2 N–H and O–H groups in total. The summed E-state index contributed by atoms with van der Waals surface area (Å²) in [6.45, 7) is 4.20. The third-order valence-electron chi connectivity index (χ3n) is 2.50. The Kier molecular flexibility index (Phi) is 4.76. The highest BCUT2D eigenvalue weighted by Gasteiger charge is 2.13. The van der Waals surface area contributed by atoms with Crippen molar-refractivity contribution < 1.29 is 9.90 Å². The zero-order valence-corrected chi connectivity index (χ0v) is 9.73. The number of nitrogens with one attached hydrogen (secondary N) is 1. The third-order valence-corrected chi connectivity index (χ3v) is 2.50. The first-order valence-electron chi connectivity index (χ1n) is 5.63. The van der Waals surface area contributed by atoms with Gasteiger partial charge in [0.1, 0.15) is 0 Å². The highest BCUT2D eigenvalue weighted by atomic mass is 16.4. The van der Waals surface area contributed by atoms with Crippen molar-refractivity contribution in [3.63, 3.8) is 0 Å². The van der Waals surface area contributed by atoms with E-state index in [1.54, 1.807) is 12.1 Å². The van der Waals surface area contributed by atoms with Crippen molar-refractivity contribution >= 4 is 11.7 Å². The smallest absolute Gasteiger partial charge is 0.356 e. The SMILES string of the molecule is CCCC(CC)Nc1cccnc1C(=O)O. The van der Waals surface area contributed by atoms with Crippen molar-refractivity contribution in [2.24, 2.45) is 0 Å². The molecule has 0 saturated carbocycles. The van der Waals surface area contributed by atoms with E-state index in [2.05, 4.69) is 24.1 Å². The molecule has 0 aliphatic carbocycles. The van der Waals surface area contributed by atoms with Gasteiger partial charge in [0.2, 0.25) is 0 Å². The van der Waals surface area contributed by atoms with Gasteiger partial charge in [0.15, 0.2) is 5.69 Å². The van der Waals surface area contributed by atoms with Crippen molar-refractivity contribution in [2.45, 2.75) is 39.2 Å². The molecule has 1 heterocycles. The molecule has 1 unspecified atom stereocenters. The van der Waals surface area contributed by atoms with Gasteiger partial charge in [-0.25, -0.2) is 9.78 Å². The van der Waals surface area contributed by atoms with Gasteiger partial charge < -0.3 is 10.4 Å². The van der Waals surface area contributed by atoms with Crippen LogP contribution in [0.25, 0.3) is 0 Å². The van der Waals surface area contributed by atoms with Gasteiger partial charge >= 0.3 is 5.97 Å². The molecule has 0 spiro atoms. The lowest BCUT2D eigenvalue weighted by molar-refractivity contribution is 0.0691. The maximum Gasteiger partial charge on any atom is 0.356 e. The summed E-state index contributed by atoms with van der Waals surface area (Å²) in [6, 6.07) is 3.81. The molecule has 0 aromatic carbocycles. The molecule has 16 heavy (non-hydrogen) atoms. The van der Waals surface area contributed by atoms with Gasteiger partial charge in [-0.1, -0.05) is 20.3 Å². The second kappa shape index (κ2) is 6.10. The molecular weight excluding hydrogens is 204 g/mol. The molecule has 1 aromatic heterocycles. The topological polar surface area (TPSA) is 62.2 Å². The van der Waals surface area contributed by atoms with Gasteiger partial charge in [-0.3, -0.25) is 0 Å². The van der Waals surface area contributed by atoms with Crippen LogP contribution in [0.4, 0.5) is 5.69 Å². The summed E-state index contributed by atoms with van der Waals surface area (Å²) in [5.74, 6) is -0.991. The molecule has 88 valence electrons. The van der Waals surface area contributed by atoms with E-state index >= 15 is 0 Å². The summed E-state index contributed by atoms with van der Waals surface area (Å²) in [5, 5.41) is 12.2. The fraction of sp³-hybridized carbons (Fsp3) is 0.500. The van der Waals surface area contributed by atoms with Crippen LogP contribution in [0, 0.1) is 0 Å². The lowest BCUT2D eigenvalue weighted by Gasteiger charge is -2.18. The summed E-state index contributed by atoms with van der Waals surface area (Å²) in [5.41, 5.74) is 0.701. The van der Waals surface area contributed by atoms with Crippen molar-refractivity contribution in [3.05, 3.63) is 24.0 Å². The fourth-order valence-corrected chi connectivity index (χ4v) is 1.64. The molecule has 0 aliphatic rings. The summed E-state index contributed by atoms with van der Waals surface area (Å²) in [4.78, 5) is 14.8. The fourth-order valence-electron chi connectivity index (χ4n) is 1.64. The quantitative estimate of drug-likeness (QED) is 0.777. The number of nitrogens with zero attached hydrogens (tertiary/aromatic N) is 1. The van der Waals surface area contributed by atoms with Crippen molar-refractivity contribution in [1.29, 1.82) is 0 Å². The Morgan fingerprint density at radius 3 is 2.88 bits per heavy atom. The second-order valence-electron chi connectivity index (χ2n) is 3.74. The van der Waals surface area contributed by atoms with Crippen molar-refractivity contribution in [2.75, 3.05) is 5.32 Å². The van der Waals surface area contributed by atoms with Crippen molar-refractivity contribution in [3.8, 4) is 0 Å². The maximum atomic E-state index is 10.9. The predicted octanol–water partition coefficient (Wildman–Crippen LogP) is 2.77. The number of rotatable bonds is 6. The van der Waals surface area contributed by atoms with E-state index in [1.165, 1.54) is 6.20 Å². The monoisotopic (exact) mass is 222 g/mol. The second-order valence-corrected chi connectivity index (χ2v) is 3.74. The third kappa shape index (κ3) is 3.22. The average Bonchev–Trinajstić information content (AvgIpc) is 2.29. The number of aromatic nitrogens is 1. The van der Waals surface area contributed by atoms with Crippen LogP contribution in [0.3, 0.4) is 0 Å². The Hall–Kier alpha value is -1.58. The van der Waals surface area contributed by atoms with E-state index < -0.39 is 5.97 Å². The molecule has 4 nitrogen and oxygen atoms in total. The zero-order valence-electron chi connectivity index (χ0n) is 9.73. The summed E-state index contributed by atoms with van der Waals surface area (Å²) in [6.07, 6.45) is 4.58. The van der Waals surface area contributed by atoms with E-state index in [0.29, 0.717) is 11.7 Å². The van der Waals surface area contributed by atoms with Crippen molar-refractivity contribution in [1.82, 2.24) is 4.98 Å². The van der Waals surface area contributed by atoms with Gasteiger partial charge in [0, 0.05) is 12.2 Å². The Bertz CT molecular complexity index is 353. The minimum atomic E-state index is -0.991. The number of aromatic carboxylic acids is 1.